The normalized spacial score (nSPS) is 15.0. The van der Waals surface area contributed by atoms with Gasteiger partial charge >= 0.3 is 18.5 Å². The summed E-state index contributed by atoms with van der Waals surface area (Å²) < 4.78 is 96.7. The number of unbranched alkanes of at least 4 members (excludes halogenated alkanes) is 2. The largest absolute Gasteiger partial charge is 0.573 e. The Balaban J connectivity index is 1.81. The van der Waals surface area contributed by atoms with E-state index in [9.17, 15) is 31.1 Å². The molecule has 0 spiro atoms. The molecule has 2 unspecified atom stereocenters. The third-order valence-electron chi connectivity index (χ3n) is 8.06. The third kappa shape index (κ3) is 11.9. The molecule has 268 valence electrons. The number of halogens is 6. The molecule has 48 heavy (non-hydrogen) atoms. The molecule has 3 rings (SSSR count). The van der Waals surface area contributed by atoms with Crippen LogP contribution in [0.1, 0.15) is 79.2 Å². The first-order valence-electron chi connectivity index (χ1n) is 15.8. The SMILES string of the molecule is CCCCCc1ccc(-c2cc3ccc(SCC(C)(COC(=O)C(C)(C)C(N)CC(C)(C)N)CC(F)(F)F)cc3o2)c(OC(F)(F)F)c1. The van der Waals surface area contributed by atoms with E-state index in [1.54, 1.807) is 58.0 Å². The standard InChI is InChI=1S/C35H46F6N2O4S/c1-7-8-9-10-22-11-14-25(28(15-22)47-35(39,40)41)27-16-23-12-13-24(17-26(23)46-27)48-21-33(6,19-34(36,37)38)20-45-30(44)32(4,5)29(42)18-31(2,3)43/h11-17,29H,7-10,18-21,42-43H2,1-6H3. The van der Waals surface area contributed by atoms with Crippen molar-refractivity contribution in [2.45, 2.75) is 109 Å². The predicted molar refractivity (Wildman–Crippen MR) is 177 cm³/mol. The molecule has 0 saturated carbocycles. The van der Waals surface area contributed by atoms with Crippen molar-refractivity contribution in [3.63, 3.8) is 0 Å². The lowest BCUT2D eigenvalue weighted by atomic mass is 9.79. The molecule has 0 aliphatic carbocycles. The second-order valence-electron chi connectivity index (χ2n) is 14.1. The maximum atomic E-state index is 13.7. The molecule has 1 aromatic heterocycles. The fourth-order valence-corrected chi connectivity index (χ4v) is 6.29. The van der Waals surface area contributed by atoms with Crippen molar-refractivity contribution >= 4 is 28.7 Å². The Morgan fingerprint density at radius 1 is 0.958 bits per heavy atom. The molecule has 6 nitrogen and oxygen atoms in total. The highest BCUT2D eigenvalue weighted by Gasteiger charge is 2.43. The molecule has 0 fully saturated rings. The summed E-state index contributed by atoms with van der Waals surface area (Å²) in [6.45, 7) is 9.62. The molecule has 2 atom stereocenters. The zero-order valence-corrected chi connectivity index (χ0v) is 29.1. The monoisotopic (exact) mass is 704 g/mol. The van der Waals surface area contributed by atoms with E-state index < -0.39 is 53.9 Å². The number of carbonyl (C=O) groups is 1. The molecule has 0 bridgehead atoms. The number of hydrogen-bond acceptors (Lipinski definition) is 7. The van der Waals surface area contributed by atoms with Crippen molar-refractivity contribution in [2.24, 2.45) is 22.3 Å². The minimum atomic E-state index is -4.91. The number of benzene rings is 2. The van der Waals surface area contributed by atoms with Gasteiger partial charge in [0.2, 0.25) is 0 Å². The maximum absolute atomic E-state index is 13.7. The van der Waals surface area contributed by atoms with Crippen LogP contribution < -0.4 is 16.2 Å². The lowest BCUT2D eigenvalue weighted by Gasteiger charge is -2.35. The van der Waals surface area contributed by atoms with Crippen LogP contribution in [0.15, 0.2) is 51.8 Å². The van der Waals surface area contributed by atoms with Crippen LogP contribution in [0.4, 0.5) is 26.3 Å². The first-order valence-corrected chi connectivity index (χ1v) is 16.8. The number of nitrogens with two attached hydrogens (primary N) is 2. The van der Waals surface area contributed by atoms with E-state index in [-0.39, 0.29) is 22.8 Å². The van der Waals surface area contributed by atoms with Crippen LogP contribution in [0.2, 0.25) is 0 Å². The van der Waals surface area contributed by atoms with Gasteiger partial charge in [0, 0.05) is 33.0 Å². The highest BCUT2D eigenvalue weighted by Crippen LogP contribution is 2.41. The Kier molecular flexibility index (Phi) is 12.6. The van der Waals surface area contributed by atoms with Gasteiger partial charge in [0.1, 0.15) is 17.1 Å². The number of fused-ring (bicyclic) bond motifs is 1. The van der Waals surface area contributed by atoms with Crippen molar-refractivity contribution in [1.29, 1.82) is 0 Å². The number of hydrogen-bond donors (Lipinski definition) is 2. The Morgan fingerprint density at radius 2 is 1.65 bits per heavy atom. The molecule has 3 aromatic rings. The molecule has 0 aliphatic rings. The van der Waals surface area contributed by atoms with Crippen LogP contribution in [-0.4, -0.2) is 42.4 Å². The van der Waals surface area contributed by atoms with Gasteiger partial charge in [-0.3, -0.25) is 4.79 Å². The number of aryl methyl sites for hydroxylation is 1. The van der Waals surface area contributed by atoms with Crippen LogP contribution in [0, 0.1) is 10.8 Å². The highest BCUT2D eigenvalue weighted by molar-refractivity contribution is 7.99. The number of rotatable bonds is 16. The summed E-state index contributed by atoms with van der Waals surface area (Å²) in [5, 5.41) is 0.588. The van der Waals surface area contributed by atoms with Crippen molar-refractivity contribution in [3.8, 4) is 17.1 Å². The zero-order valence-electron chi connectivity index (χ0n) is 28.2. The topological polar surface area (TPSA) is 101 Å². The van der Waals surface area contributed by atoms with Gasteiger partial charge < -0.3 is 25.4 Å². The minimum absolute atomic E-state index is 0.0652. The summed E-state index contributed by atoms with van der Waals surface area (Å²) >= 11 is 1.12. The summed E-state index contributed by atoms with van der Waals surface area (Å²) in [6, 6.07) is 10.5. The van der Waals surface area contributed by atoms with Gasteiger partial charge in [-0.15, -0.1) is 24.9 Å². The van der Waals surface area contributed by atoms with E-state index >= 15 is 0 Å². The lowest BCUT2D eigenvalue weighted by Crippen LogP contribution is -2.50. The first kappa shape index (κ1) is 39.5. The molecule has 0 aliphatic heterocycles. The maximum Gasteiger partial charge on any atom is 0.573 e. The van der Waals surface area contributed by atoms with Crippen LogP contribution in [-0.2, 0) is 16.0 Å². The first-order chi connectivity index (χ1) is 22.0. The van der Waals surface area contributed by atoms with Crippen molar-refractivity contribution in [1.82, 2.24) is 0 Å². The van der Waals surface area contributed by atoms with E-state index in [4.69, 9.17) is 20.6 Å². The van der Waals surface area contributed by atoms with E-state index in [1.807, 2.05) is 6.92 Å². The summed E-state index contributed by atoms with van der Waals surface area (Å²) in [4.78, 5) is 13.6. The van der Waals surface area contributed by atoms with Crippen LogP contribution in [0.3, 0.4) is 0 Å². The van der Waals surface area contributed by atoms with Gasteiger partial charge in [0.15, 0.2) is 0 Å². The van der Waals surface area contributed by atoms with Gasteiger partial charge in [-0.2, -0.15) is 13.2 Å². The molecular formula is C35H46F6N2O4S. The third-order valence-corrected chi connectivity index (χ3v) is 9.49. The van der Waals surface area contributed by atoms with Crippen molar-refractivity contribution in [2.75, 3.05) is 12.4 Å². The highest BCUT2D eigenvalue weighted by atomic mass is 32.2. The summed E-state index contributed by atoms with van der Waals surface area (Å²) in [5.74, 6) is -1.01. The van der Waals surface area contributed by atoms with Crippen LogP contribution in [0.25, 0.3) is 22.3 Å². The predicted octanol–water partition coefficient (Wildman–Crippen LogP) is 9.81. The van der Waals surface area contributed by atoms with Gasteiger partial charge in [0.05, 0.1) is 24.0 Å². The fraction of sp³-hybridized carbons (Fsp3) is 0.571. The van der Waals surface area contributed by atoms with Crippen molar-refractivity contribution < 1.29 is 45.0 Å². The second kappa shape index (κ2) is 15.3. The minimum Gasteiger partial charge on any atom is -0.465 e. The Bertz CT molecular complexity index is 1530. The Hall–Kier alpha value is -2.90. The number of alkyl halides is 6. The van der Waals surface area contributed by atoms with Gasteiger partial charge in [-0.25, -0.2) is 0 Å². The Morgan fingerprint density at radius 3 is 2.25 bits per heavy atom. The lowest BCUT2D eigenvalue weighted by molar-refractivity contribution is -0.274. The molecule has 1 heterocycles. The van der Waals surface area contributed by atoms with E-state index in [1.165, 1.54) is 19.1 Å². The van der Waals surface area contributed by atoms with E-state index in [0.717, 1.165) is 31.0 Å². The molecular weight excluding hydrogens is 658 g/mol. The Labute approximate surface area is 282 Å². The molecule has 2 aromatic carbocycles. The number of esters is 1. The van der Waals surface area contributed by atoms with Gasteiger partial charge in [0.25, 0.3) is 0 Å². The number of thioether (sulfide) groups is 1. The molecule has 0 radical (unpaired) electrons. The van der Waals surface area contributed by atoms with Crippen molar-refractivity contribution in [3.05, 3.63) is 48.0 Å². The van der Waals surface area contributed by atoms with Crippen LogP contribution >= 0.6 is 11.8 Å². The fourth-order valence-electron chi connectivity index (χ4n) is 5.23. The van der Waals surface area contributed by atoms with Gasteiger partial charge in [-0.1, -0.05) is 32.8 Å². The smallest absolute Gasteiger partial charge is 0.465 e. The average molecular weight is 705 g/mol. The second-order valence-corrected chi connectivity index (χ2v) is 15.2. The summed E-state index contributed by atoms with van der Waals surface area (Å²) in [5.41, 5.74) is 10.1. The molecule has 0 amide bonds. The number of carbonyl (C=O) groups excluding carboxylic acids is 1. The van der Waals surface area contributed by atoms with E-state index in [2.05, 4.69) is 4.74 Å². The van der Waals surface area contributed by atoms with Gasteiger partial charge in [-0.05, 0) is 88.9 Å². The van der Waals surface area contributed by atoms with E-state index in [0.29, 0.717) is 34.3 Å². The molecule has 4 N–H and O–H groups in total. The summed E-state index contributed by atoms with van der Waals surface area (Å²) in [7, 11) is 0. The quantitative estimate of drug-likeness (QED) is 0.0663. The number of ether oxygens (including phenoxy) is 2. The summed E-state index contributed by atoms with van der Waals surface area (Å²) in [6.07, 6.45) is -6.99. The average Bonchev–Trinajstić information content (AvgIpc) is 3.35. The number of furan rings is 1. The zero-order chi connectivity index (χ0) is 36.1. The molecule has 0 saturated heterocycles. The molecule has 13 heteroatoms. The van der Waals surface area contributed by atoms with Crippen LogP contribution in [0.5, 0.6) is 5.75 Å².